The van der Waals surface area contributed by atoms with Gasteiger partial charge in [0, 0.05) is 18.6 Å². The molecule has 98 valence electrons. The molecule has 2 aliphatic rings. The van der Waals surface area contributed by atoms with Gasteiger partial charge in [0.25, 0.3) is 0 Å². The van der Waals surface area contributed by atoms with E-state index in [4.69, 9.17) is 4.74 Å². The normalized spacial score (nSPS) is 22.1. The molecule has 2 fully saturated rings. The number of carbonyl (C=O) groups is 1. The van der Waals surface area contributed by atoms with Crippen molar-refractivity contribution in [2.45, 2.75) is 64.1 Å². The third-order valence-corrected chi connectivity index (χ3v) is 3.10. The first-order chi connectivity index (χ1) is 7.94. The van der Waals surface area contributed by atoms with Crippen LogP contribution in [-0.4, -0.2) is 30.3 Å². The fourth-order valence-electron chi connectivity index (χ4n) is 1.87. The second kappa shape index (κ2) is 4.84. The van der Waals surface area contributed by atoms with Crippen LogP contribution in [0.15, 0.2) is 0 Å². The van der Waals surface area contributed by atoms with E-state index in [1.165, 1.54) is 25.7 Å². The van der Waals surface area contributed by atoms with Gasteiger partial charge in [0.05, 0.1) is 0 Å². The first kappa shape index (κ1) is 12.7. The summed E-state index contributed by atoms with van der Waals surface area (Å²) in [4.78, 5) is 11.7. The van der Waals surface area contributed by atoms with E-state index in [1.807, 2.05) is 20.8 Å². The summed E-state index contributed by atoms with van der Waals surface area (Å²) < 4.78 is 5.29. The maximum Gasteiger partial charge on any atom is 0.407 e. The second-order valence-corrected chi connectivity index (χ2v) is 6.27. The smallest absolute Gasteiger partial charge is 0.407 e. The van der Waals surface area contributed by atoms with Gasteiger partial charge in [-0.05, 0) is 52.4 Å². The zero-order valence-corrected chi connectivity index (χ0v) is 11.1. The van der Waals surface area contributed by atoms with Crippen LogP contribution in [0.3, 0.4) is 0 Å². The number of ether oxygens (including phenoxy) is 1. The minimum Gasteiger partial charge on any atom is -0.444 e. The van der Waals surface area contributed by atoms with Crippen LogP contribution in [0.5, 0.6) is 0 Å². The van der Waals surface area contributed by atoms with Crippen LogP contribution in [0.25, 0.3) is 0 Å². The molecule has 1 atom stereocenters. The molecule has 0 aromatic rings. The number of carbonyl (C=O) groups excluding carboxylic acids is 1. The van der Waals surface area contributed by atoms with Gasteiger partial charge in [-0.2, -0.15) is 0 Å². The zero-order valence-electron chi connectivity index (χ0n) is 11.1. The lowest BCUT2D eigenvalue weighted by atomic mass is 10.2. The Hall–Kier alpha value is -0.770. The van der Waals surface area contributed by atoms with Crippen LogP contribution < -0.4 is 10.6 Å². The van der Waals surface area contributed by atoms with Gasteiger partial charge < -0.3 is 15.4 Å². The minimum absolute atomic E-state index is 0.241. The third-order valence-electron chi connectivity index (χ3n) is 3.10. The first-order valence-electron chi connectivity index (χ1n) is 6.67. The molecule has 2 saturated carbocycles. The van der Waals surface area contributed by atoms with Gasteiger partial charge in [-0.3, -0.25) is 0 Å². The highest BCUT2D eigenvalue weighted by molar-refractivity contribution is 5.68. The van der Waals surface area contributed by atoms with E-state index in [2.05, 4.69) is 10.6 Å². The van der Waals surface area contributed by atoms with Gasteiger partial charge >= 0.3 is 6.09 Å². The van der Waals surface area contributed by atoms with E-state index in [0.717, 1.165) is 6.54 Å². The molecule has 2 N–H and O–H groups in total. The SMILES string of the molecule is CC(C)(C)OC(=O)NC(CNC1CC1)C1CC1. The van der Waals surface area contributed by atoms with E-state index in [1.54, 1.807) is 0 Å². The van der Waals surface area contributed by atoms with Crippen LogP contribution in [0.4, 0.5) is 4.79 Å². The Labute approximate surface area is 103 Å². The minimum atomic E-state index is -0.415. The highest BCUT2D eigenvalue weighted by atomic mass is 16.6. The Balaban J connectivity index is 1.73. The average Bonchev–Trinajstić information content (AvgIpc) is 3.00. The Morgan fingerprint density at radius 2 is 1.94 bits per heavy atom. The van der Waals surface area contributed by atoms with E-state index in [9.17, 15) is 4.79 Å². The lowest BCUT2D eigenvalue weighted by Crippen LogP contribution is -2.46. The van der Waals surface area contributed by atoms with Crippen molar-refractivity contribution in [3.8, 4) is 0 Å². The summed E-state index contributed by atoms with van der Waals surface area (Å²) in [6.07, 6.45) is 4.74. The fraction of sp³-hybridized carbons (Fsp3) is 0.923. The number of alkyl carbamates (subject to hydrolysis) is 1. The molecule has 1 amide bonds. The molecule has 0 saturated heterocycles. The van der Waals surface area contributed by atoms with Crippen molar-refractivity contribution >= 4 is 6.09 Å². The van der Waals surface area contributed by atoms with E-state index >= 15 is 0 Å². The van der Waals surface area contributed by atoms with E-state index in [-0.39, 0.29) is 12.1 Å². The van der Waals surface area contributed by atoms with Gasteiger partial charge in [0.15, 0.2) is 0 Å². The van der Waals surface area contributed by atoms with Gasteiger partial charge in [-0.15, -0.1) is 0 Å². The second-order valence-electron chi connectivity index (χ2n) is 6.27. The summed E-state index contributed by atoms with van der Waals surface area (Å²) in [5.41, 5.74) is -0.415. The lowest BCUT2D eigenvalue weighted by molar-refractivity contribution is 0.0497. The molecule has 4 nitrogen and oxygen atoms in total. The summed E-state index contributed by atoms with van der Waals surface area (Å²) in [5.74, 6) is 0.647. The summed E-state index contributed by atoms with van der Waals surface area (Å²) in [6, 6.07) is 0.933. The summed E-state index contributed by atoms with van der Waals surface area (Å²) in [5, 5.41) is 6.47. The maximum atomic E-state index is 11.7. The molecule has 17 heavy (non-hydrogen) atoms. The zero-order chi connectivity index (χ0) is 12.5. The molecule has 1 unspecified atom stereocenters. The summed E-state index contributed by atoms with van der Waals surface area (Å²) in [6.45, 7) is 6.55. The molecule has 0 heterocycles. The van der Waals surface area contributed by atoms with Crippen molar-refractivity contribution in [2.75, 3.05) is 6.54 Å². The molecule has 2 rings (SSSR count). The van der Waals surface area contributed by atoms with E-state index in [0.29, 0.717) is 12.0 Å². The number of hydrogen-bond donors (Lipinski definition) is 2. The number of nitrogens with one attached hydrogen (secondary N) is 2. The predicted molar refractivity (Wildman–Crippen MR) is 66.9 cm³/mol. The van der Waals surface area contributed by atoms with Crippen molar-refractivity contribution in [1.82, 2.24) is 10.6 Å². The number of hydrogen-bond acceptors (Lipinski definition) is 3. The maximum absolute atomic E-state index is 11.7. The summed E-state index contributed by atoms with van der Waals surface area (Å²) >= 11 is 0. The summed E-state index contributed by atoms with van der Waals surface area (Å²) in [7, 11) is 0. The Bertz CT molecular complexity index is 278. The Morgan fingerprint density at radius 1 is 1.29 bits per heavy atom. The number of rotatable bonds is 5. The molecular weight excluding hydrogens is 216 g/mol. The van der Waals surface area contributed by atoms with Crippen LogP contribution in [0.2, 0.25) is 0 Å². The topological polar surface area (TPSA) is 50.4 Å². The molecule has 4 heteroatoms. The van der Waals surface area contributed by atoms with Crippen molar-refractivity contribution in [2.24, 2.45) is 5.92 Å². The average molecular weight is 240 g/mol. The highest BCUT2D eigenvalue weighted by Crippen LogP contribution is 2.33. The first-order valence-corrected chi connectivity index (χ1v) is 6.67. The largest absolute Gasteiger partial charge is 0.444 e. The molecule has 0 aliphatic heterocycles. The van der Waals surface area contributed by atoms with Crippen LogP contribution in [-0.2, 0) is 4.74 Å². The molecular formula is C13H24N2O2. The van der Waals surface area contributed by atoms with Gasteiger partial charge in [0.2, 0.25) is 0 Å². The van der Waals surface area contributed by atoms with Crippen molar-refractivity contribution in [3.63, 3.8) is 0 Å². The van der Waals surface area contributed by atoms with Crippen molar-refractivity contribution < 1.29 is 9.53 Å². The van der Waals surface area contributed by atoms with Crippen molar-refractivity contribution in [1.29, 1.82) is 0 Å². The molecule has 0 aromatic heterocycles. The molecule has 2 aliphatic carbocycles. The molecule has 0 spiro atoms. The molecule has 0 bridgehead atoms. The quantitative estimate of drug-likeness (QED) is 0.773. The predicted octanol–water partition coefficient (Wildman–Crippen LogP) is 2.04. The van der Waals surface area contributed by atoms with Crippen molar-refractivity contribution in [3.05, 3.63) is 0 Å². The lowest BCUT2D eigenvalue weighted by Gasteiger charge is -2.23. The molecule has 0 aromatic carbocycles. The van der Waals surface area contributed by atoms with Crippen LogP contribution in [0.1, 0.15) is 46.5 Å². The van der Waals surface area contributed by atoms with Gasteiger partial charge in [0.1, 0.15) is 5.60 Å². The third kappa shape index (κ3) is 4.94. The van der Waals surface area contributed by atoms with Crippen LogP contribution >= 0.6 is 0 Å². The highest BCUT2D eigenvalue weighted by Gasteiger charge is 2.34. The van der Waals surface area contributed by atoms with Crippen LogP contribution in [0, 0.1) is 5.92 Å². The molecule has 0 radical (unpaired) electrons. The van der Waals surface area contributed by atoms with Gasteiger partial charge in [-0.25, -0.2) is 4.79 Å². The van der Waals surface area contributed by atoms with Gasteiger partial charge in [-0.1, -0.05) is 0 Å². The number of amides is 1. The fourth-order valence-corrected chi connectivity index (χ4v) is 1.87. The monoisotopic (exact) mass is 240 g/mol. The Kier molecular flexibility index (Phi) is 3.61. The Morgan fingerprint density at radius 3 is 2.41 bits per heavy atom. The standard InChI is InChI=1S/C13H24N2O2/c1-13(2,3)17-12(16)15-11(9-4-5-9)8-14-10-6-7-10/h9-11,14H,4-8H2,1-3H3,(H,15,16). The van der Waals surface area contributed by atoms with E-state index < -0.39 is 5.60 Å².